The number of nitrogens with zero attached hydrogens (tertiary/aromatic N) is 2. The number of aromatic nitrogens is 2. The van der Waals surface area contributed by atoms with Crippen LogP contribution in [0.4, 0.5) is 4.39 Å². The van der Waals surface area contributed by atoms with Crippen LogP contribution in [0.25, 0.3) is 11.4 Å². The second-order valence-electron chi connectivity index (χ2n) is 3.83. The van der Waals surface area contributed by atoms with E-state index in [1.165, 1.54) is 6.07 Å². The number of ether oxygens (including phenoxy) is 2. The van der Waals surface area contributed by atoms with Crippen LogP contribution in [0, 0.1) is 5.82 Å². The van der Waals surface area contributed by atoms with Crippen LogP contribution in [0.2, 0.25) is 0 Å². The van der Waals surface area contributed by atoms with Crippen LogP contribution in [-0.2, 0) is 6.54 Å². The van der Waals surface area contributed by atoms with Gasteiger partial charge in [-0.25, -0.2) is 0 Å². The molecule has 1 aliphatic heterocycles. The van der Waals surface area contributed by atoms with Crippen molar-refractivity contribution in [3.05, 3.63) is 17.8 Å². The highest BCUT2D eigenvalue weighted by Crippen LogP contribution is 2.43. The summed E-state index contributed by atoms with van der Waals surface area (Å²) in [7, 11) is 0. The number of phenols is 1. The molecule has 0 saturated carbocycles. The van der Waals surface area contributed by atoms with Crippen LogP contribution < -0.4 is 15.2 Å². The smallest absolute Gasteiger partial charge is 0.240 e. The summed E-state index contributed by atoms with van der Waals surface area (Å²) in [4.78, 5) is 3.92. The van der Waals surface area contributed by atoms with E-state index in [1.54, 1.807) is 0 Å². The second kappa shape index (κ2) is 4.39. The third-order valence-electron chi connectivity index (χ3n) is 2.63. The Morgan fingerprint density at radius 1 is 1.37 bits per heavy atom. The molecule has 2 heterocycles. The number of nitrogens with two attached hydrogens (primary N) is 1. The predicted molar refractivity (Wildman–Crippen MR) is 60.2 cm³/mol. The lowest BCUT2D eigenvalue weighted by Gasteiger charge is -2.19. The number of hydrogen-bond acceptors (Lipinski definition) is 7. The van der Waals surface area contributed by atoms with Crippen molar-refractivity contribution >= 4 is 0 Å². The summed E-state index contributed by atoms with van der Waals surface area (Å²) in [5.74, 6) is -1.23. The molecule has 1 aliphatic rings. The molecule has 0 atom stereocenters. The molecule has 0 amide bonds. The van der Waals surface area contributed by atoms with Crippen LogP contribution in [0.5, 0.6) is 17.2 Å². The van der Waals surface area contributed by atoms with Crippen molar-refractivity contribution in [3.8, 4) is 28.6 Å². The predicted octanol–water partition coefficient (Wildman–Crippen LogP) is 0.811. The first kappa shape index (κ1) is 11.7. The first-order valence-corrected chi connectivity index (χ1v) is 5.54. The third-order valence-corrected chi connectivity index (χ3v) is 2.63. The van der Waals surface area contributed by atoms with E-state index < -0.39 is 11.6 Å². The highest BCUT2D eigenvalue weighted by molar-refractivity contribution is 5.69. The molecule has 0 bridgehead atoms. The summed E-state index contributed by atoms with van der Waals surface area (Å²) in [6.45, 7) is 0.583. The fraction of sp³-hybridized carbons (Fsp3) is 0.273. The van der Waals surface area contributed by atoms with Crippen LogP contribution in [0.1, 0.15) is 5.89 Å². The topological polar surface area (TPSA) is 104 Å². The van der Waals surface area contributed by atoms with Gasteiger partial charge in [-0.15, -0.1) is 0 Å². The summed E-state index contributed by atoms with van der Waals surface area (Å²) < 4.78 is 29.1. The molecule has 7 nitrogen and oxygen atoms in total. The van der Waals surface area contributed by atoms with Crippen molar-refractivity contribution in [3.63, 3.8) is 0 Å². The number of fused-ring (bicyclic) bond motifs is 1. The minimum atomic E-state index is -0.911. The van der Waals surface area contributed by atoms with Crippen molar-refractivity contribution in [2.45, 2.75) is 6.54 Å². The number of halogens is 1. The minimum Gasteiger partial charge on any atom is -0.504 e. The summed E-state index contributed by atoms with van der Waals surface area (Å²) in [5, 5.41) is 13.4. The van der Waals surface area contributed by atoms with Gasteiger partial charge in [0.2, 0.25) is 23.3 Å². The van der Waals surface area contributed by atoms with Crippen molar-refractivity contribution in [2.24, 2.45) is 5.73 Å². The lowest BCUT2D eigenvalue weighted by atomic mass is 10.1. The molecule has 0 aliphatic carbocycles. The molecule has 0 spiro atoms. The lowest BCUT2D eigenvalue weighted by molar-refractivity contribution is 0.163. The highest BCUT2D eigenvalue weighted by atomic mass is 19.1. The highest BCUT2D eigenvalue weighted by Gasteiger charge is 2.25. The van der Waals surface area contributed by atoms with E-state index in [0.717, 1.165) is 0 Å². The van der Waals surface area contributed by atoms with Gasteiger partial charge in [-0.2, -0.15) is 9.37 Å². The average Bonchev–Trinajstić information content (AvgIpc) is 2.91. The van der Waals surface area contributed by atoms with E-state index in [1.807, 2.05) is 0 Å². The van der Waals surface area contributed by atoms with Gasteiger partial charge >= 0.3 is 0 Å². The summed E-state index contributed by atoms with van der Waals surface area (Å²) in [6.07, 6.45) is 0. The third kappa shape index (κ3) is 1.85. The van der Waals surface area contributed by atoms with Gasteiger partial charge in [-0.3, -0.25) is 0 Å². The number of rotatable bonds is 2. The Balaban J connectivity index is 2.13. The standard InChI is InChI=1S/C11H10FN3O4/c12-8-9(16)5(11-14-7(4-13)19-15-11)3-6-10(8)18-2-1-17-6/h3,16H,1-2,4,13H2. The Morgan fingerprint density at radius 3 is 2.89 bits per heavy atom. The Bertz CT molecular complexity index is 629. The fourth-order valence-corrected chi connectivity index (χ4v) is 1.75. The Kier molecular flexibility index (Phi) is 2.71. The van der Waals surface area contributed by atoms with Gasteiger partial charge in [0.25, 0.3) is 0 Å². The van der Waals surface area contributed by atoms with Gasteiger partial charge in [-0.1, -0.05) is 5.16 Å². The van der Waals surface area contributed by atoms with Crippen LogP contribution in [-0.4, -0.2) is 28.5 Å². The summed E-state index contributed by atoms with van der Waals surface area (Å²) in [6, 6.07) is 1.40. The van der Waals surface area contributed by atoms with Crippen molar-refractivity contribution in [2.75, 3.05) is 13.2 Å². The SMILES string of the molecule is NCc1nc(-c2cc3c(c(F)c2O)OCCO3)no1. The van der Waals surface area contributed by atoms with Crippen molar-refractivity contribution in [1.29, 1.82) is 0 Å². The van der Waals surface area contributed by atoms with E-state index in [2.05, 4.69) is 10.1 Å². The quantitative estimate of drug-likeness (QED) is 0.829. The van der Waals surface area contributed by atoms with Gasteiger partial charge in [-0.05, 0) is 6.07 Å². The number of hydrogen-bond donors (Lipinski definition) is 2. The van der Waals surface area contributed by atoms with E-state index >= 15 is 0 Å². The first-order chi connectivity index (χ1) is 9.20. The van der Waals surface area contributed by atoms with Crippen LogP contribution in [0.3, 0.4) is 0 Å². The van der Waals surface area contributed by atoms with Crippen LogP contribution >= 0.6 is 0 Å². The zero-order chi connectivity index (χ0) is 13.4. The maximum absolute atomic E-state index is 14.0. The fourth-order valence-electron chi connectivity index (χ4n) is 1.75. The van der Waals surface area contributed by atoms with Crippen molar-refractivity contribution < 1.29 is 23.5 Å². The number of benzene rings is 1. The summed E-state index contributed by atoms with van der Waals surface area (Å²) in [5.41, 5.74) is 5.40. The number of aromatic hydroxyl groups is 1. The molecule has 100 valence electrons. The normalized spacial score (nSPS) is 13.6. The molecular formula is C11H10FN3O4. The molecule has 2 aromatic rings. The molecule has 0 unspecified atom stereocenters. The first-order valence-electron chi connectivity index (χ1n) is 5.54. The number of phenolic OH excluding ortho intramolecular Hbond substituents is 1. The van der Waals surface area contributed by atoms with Gasteiger partial charge in [0, 0.05) is 0 Å². The summed E-state index contributed by atoms with van der Waals surface area (Å²) >= 11 is 0. The molecule has 3 rings (SSSR count). The molecular weight excluding hydrogens is 257 g/mol. The van der Waals surface area contributed by atoms with E-state index in [9.17, 15) is 9.50 Å². The molecule has 8 heteroatoms. The largest absolute Gasteiger partial charge is 0.504 e. The second-order valence-corrected chi connectivity index (χ2v) is 3.83. The maximum atomic E-state index is 14.0. The van der Waals surface area contributed by atoms with Gasteiger partial charge in [0.05, 0.1) is 12.1 Å². The van der Waals surface area contributed by atoms with Crippen LogP contribution in [0.15, 0.2) is 10.6 Å². The Morgan fingerprint density at radius 2 is 2.16 bits per heavy atom. The van der Waals surface area contributed by atoms with E-state index in [4.69, 9.17) is 19.7 Å². The molecule has 1 aromatic carbocycles. The molecule has 1 aromatic heterocycles. The Hall–Kier alpha value is -2.35. The zero-order valence-corrected chi connectivity index (χ0v) is 9.72. The van der Waals surface area contributed by atoms with E-state index in [-0.39, 0.29) is 41.9 Å². The monoisotopic (exact) mass is 267 g/mol. The van der Waals surface area contributed by atoms with Crippen molar-refractivity contribution in [1.82, 2.24) is 10.1 Å². The van der Waals surface area contributed by atoms with Gasteiger partial charge < -0.3 is 24.8 Å². The molecule has 3 N–H and O–H groups in total. The molecule has 0 saturated heterocycles. The molecule has 0 fully saturated rings. The Labute approximate surface area is 106 Å². The minimum absolute atomic E-state index is 0.0359. The maximum Gasteiger partial charge on any atom is 0.240 e. The molecule has 0 radical (unpaired) electrons. The van der Waals surface area contributed by atoms with Gasteiger partial charge in [0.15, 0.2) is 11.5 Å². The van der Waals surface area contributed by atoms with E-state index in [0.29, 0.717) is 6.61 Å². The molecule has 19 heavy (non-hydrogen) atoms. The lowest BCUT2D eigenvalue weighted by Crippen LogP contribution is -2.16. The average molecular weight is 267 g/mol. The zero-order valence-electron chi connectivity index (χ0n) is 9.72. The van der Waals surface area contributed by atoms with Gasteiger partial charge in [0.1, 0.15) is 13.2 Å².